The molecule has 3 rings (SSSR count). The van der Waals surface area contributed by atoms with Crippen molar-refractivity contribution in [3.8, 4) is 5.75 Å². The van der Waals surface area contributed by atoms with Crippen LogP contribution in [0.3, 0.4) is 0 Å². The SMILES string of the molecule is CCOc1cccc2sc(=NC(=O)c3ccc(S(=O)(=O)N(CCOC)CCOC)cc3)n(CC(=O)OC)c12. The first-order valence-corrected chi connectivity index (χ1v) is 14.0. The van der Waals surface area contributed by atoms with E-state index in [1.54, 1.807) is 10.6 Å². The van der Waals surface area contributed by atoms with Crippen LogP contribution in [0.2, 0.25) is 0 Å². The fourth-order valence-corrected chi connectivity index (χ4v) is 6.06. The molecule has 11 nitrogen and oxygen atoms in total. The van der Waals surface area contributed by atoms with Crippen LogP contribution >= 0.6 is 11.3 Å². The highest BCUT2D eigenvalue weighted by atomic mass is 32.2. The number of nitrogens with zero attached hydrogens (tertiary/aromatic N) is 3. The highest BCUT2D eigenvalue weighted by Gasteiger charge is 2.24. The van der Waals surface area contributed by atoms with Crippen molar-refractivity contribution in [1.82, 2.24) is 8.87 Å². The molecular formula is C25H31N3O8S2. The predicted molar refractivity (Wildman–Crippen MR) is 142 cm³/mol. The maximum Gasteiger partial charge on any atom is 0.325 e. The van der Waals surface area contributed by atoms with Gasteiger partial charge in [-0.1, -0.05) is 17.4 Å². The van der Waals surface area contributed by atoms with Gasteiger partial charge >= 0.3 is 5.97 Å². The van der Waals surface area contributed by atoms with E-state index in [9.17, 15) is 18.0 Å². The highest BCUT2D eigenvalue weighted by Crippen LogP contribution is 2.28. The Kier molecular flexibility index (Phi) is 10.6. The van der Waals surface area contributed by atoms with Gasteiger partial charge in [0.15, 0.2) is 4.80 Å². The van der Waals surface area contributed by atoms with Gasteiger partial charge in [-0.15, -0.1) is 0 Å². The third-order valence-electron chi connectivity index (χ3n) is 5.50. The van der Waals surface area contributed by atoms with E-state index in [2.05, 4.69) is 4.99 Å². The molecule has 206 valence electrons. The second kappa shape index (κ2) is 13.6. The van der Waals surface area contributed by atoms with Crippen molar-refractivity contribution >= 4 is 43.5 Å². The van der Waals surface area contributed by atoms with Crippen molar-refractivity contribution in [2.75, 3.05) is 54.2 Å². The van der Waals surface area contributed by atoms with Crippen molar-refractivity contribution in [1.29, 1.82) is 0 Å². The van der Waals surface area contributed by atoms with Crippen LogP contribution in [0.1, 0.15) is 17.3 Å². The average Bonchev–Trinajstić information content (AvgIpc) is 3.26. The van der Waals surface area contributed by atoms with Crippen LogP contribution in [-0.4, -0.2) is 83.4 Å². The van der Waals surface area contributed by atoms with Crippen LogP contribution < -0.4 is 9.54 Å². The van der Waals surface area contributed by atoms with Crippen molar-refractivity contribution in [3.05, 3.63) is 52.8 Å². The van der Waals surface area contributed by atoms with Gasteiger partial charge in [0.2, 0.25) is 10.0 Å². The Morgan fingerprint density at radius 3 is 2.24 bits per heavy atom. The molecule has 38 heavy (non-hydrogen) atoms. The standard InChI is InChI=1S/C25H31N3O8S2/c1-5-36-20-7-6-8-21-23(20)28(17-22(29)35-4)25(37-21)26-24(30)18-9-11-19(12-10-18)38(31,32)27(13-15-33-2)14-16-34-3/h6-12H,5,13-17H2,1-4H3. The number of esters is 1. The Morgan fingerprint density at radius 1 is 1.00 bits per heavy atom. The van der Waals surface area contributed by atoms with Crippen LogP contribution in [0.4, 0.5) is 0 Å². The monoisotopic (exact) mass is 565 g/mol. The molecule has 0 spiro atoms. The number of amides is 1. The summed E-state index contributed by atoms with van der Waals surface area (Å²) in [6.45, 7) is 2.88. The molecule has 0 aliphatic rings. The number of carbonyl (C=O) groups is 2. The van der Waals surface area contributed by atoms with E-state index in [0.29, 0.717) is 17.9 Å². The summed E-state index contributed by atoms with van der Waals surface area (Å²) in [4.78, 5) is 29.8. The lowest BCUT2D eigenvalue weighted by Gasteiger charge is -2.21. The molecule has 0 bridgehead atoms. The molecule has 0 atom stereocenters. The zero-order chi connectivity index (χ0) is 27.7. The lowest BCUT2D eigenvalue weighted by atomic mass is 10.2. The number of hydrogen-bond acceptors (Lipinski definition) is 9. The van der Waals surface area contributed by atoms with Gasteiger partial charge in [0.25, 0.3) is 5.91 Å². The van der Waals surface area contributed by atoms with Gasteiger partial charge in [-0.25, -0.2) is 8.42 Å². The van der Waals surface area contributed by atoms with Gasteiger partial charge in [-0.3, -0.25) is 9.59 Å². The Balaban J connectivity index is 1.98. The van der Waals surface area contributed by atoms with Crippen molar-refractivity contribution in [2.24, 2.45) is 4.99 Å². The van der Waals surface area contributed by atoms with Crippen molar-refractivity contribution in [2.45, 2.75) is 18.4 Å². The number of benzene rings is 2. The Bertz CT molecular complexity index is 1420. The maximum atomic E-state index is 13.1. The number of fused-ring (bicyclic) bond motifs is 1. The van der Waals surface area contributed by atoms with Crippen molar-refractivity contribution < 1.29 is 37.0 Å². The van der Waals surface area contributed by atoms with E-state index in [1.165, 1.54) is 61.2 Å². The summed E-state index contributed by atoms with van der Waals surface area (Å²) in [5, 5.41) is 0. The molecule has 0 aliphatic heterocycles. The molecule has 1 aromatic heterocycles. The number of thiazole rings is 1. The van der Waals surface area contributed by atoms with Gasteiger partial charge in [0.1, 0.15) is 17.8 Å². The van der Waals surface area contributed by atoms with Gasteiger partial charge in [-0.2, -0.15) is 9.30 Å². The molecule has 0 N–H and O–H groups in total. The quantitative estimate of drug-likeness (QED) is 0.289. The minimum absolute atomic E-state index is 0.0326. The second-order valence-electron chi connectivity index (χ2n) is 7.91. The molecule has 2 aromatic carbocycles. The first-order chi connectivity index (χ1) is 18.3. The molecule has 0 aliphatic carbocycles. The Morgan fingerprint density at radius 2 is 1.66 bits per heavy atom. The number of methoxy groups -OCH3 is 3. The van der Waals surface area contributed by atoms with Gasteiger partial charge in [0, 0.05) is 32.9 Å². The fourth-order valence-electron chi connectivity index (χ4n) is 3.60. The summed E-state index contributed by atoms with van der Waals surface area (Å²) in [6, 6.07) is 11.0. The third kappa shape index (κ3) is 6.85. The van der Waals surface area contributed by atoms with Crippen LogP contribution in [0.15, 0.2) is 52.4 Å². The lowest BCUT2D eigenvalue weighted by Crippen LogP contribution is -2.36. The first-order valence-electron chi connectivity index (χ1n) is 11.8. The van der Waals surface area contributed by atoms with E-state index in [-0.39, 0.29) is 48.1 Å². The highest BCUT2D eigenvalue weighted by molar-refractivity contribution is 7.89. The molecule has 3 aromatic rings. The Labute approximate surface area is 225 Å². The molecule has 0 fully saturated rings. The fraction of sp³-hybridized carbons (Fsp3) is 0.400. The normalized spacial score (nSPS) is 12.3. The Hall–Kier alpha value is -3.10. The minimum Gasteiger partial charge on any atom is -0.492 e. The third-order valence-corrected chi connectivity index (χ3v) is 8.46. The molecule has 0 unspecified atom stereocenters. The smallest absolute Gasteiger partial charge is 0.325 e. The summed E-state index contributed by atoms with van der Waals surface area (Å²) < 4.78 is 50.5. The van der Waals surface area contributed by atoms with E-state index in [0.717, 1.165) is 4.70 Å². The maximum absolute atomic E-state index is 13.1. The number of para-hydroxylation sites is 1. The molecule has 13 heteroatoms. The molecule has 0 radical (unpaired) electrons. The number of sulfonamides is 1. The zero-order valence-corrected chi connectivity index (χ0v) is 23.3. The second-order valence-corrected chi connectivity index (χ2v) is 10.9. The van der Waals surface area contributed by atoms with Crippen LogP contribution in [0.25, 0.3) is 10.2 Å². The topological polar surface area (TPSA) is 126 Å². The van der Waals surface area contributed by atoms with Crippen LogP contribution in [-0.2, 0) is 35.6 Å². The number of ether oxygens (including phenoxy) is 4. The number of hydrogen-bond donors (Lipinski definition) is 0. The van der Waals surface area contributed by atoms with Gasteiger partial charge in [0.05, 0.1) is 36.5 Å². The van der Waals surface area contributed by atoms with Crippen LogP contribution in [0.5, 0.6) is 5.75 Å². The molecule has 0 saturated heterocycles. The number of aromatic nitrogens is 1. The zero-order valence-electron chi connectivity index (χ0n) is 21.7. The summed E-state index contributed by atoms with van der Waals surface area (Å²) >= 11 is 1.23. The van der Waals surface area contributed by atoms with E-state index >= 15 is 0 Å². The summed E-state index contributed by atoms with van der Waals surface area (Å²) in [5.74, 6) is -0.543. The lowest BCUT2D eigenvalue weighted by molar-refractivity contribution is -0.141. The molecule has 1 amide bonds. The van der Waals surface area contributed by atoms with Crippen molar-refractivity contribution in [3.63, 3.8) is 0 Å². The van der Waals surface area contributed by atoms with E-state index < -0.39 is 21.9 Å². The van der Waals surface area contributed by atoms with E-state index in [4.69, 9.17) is 18.9 Å². The summed E-state index contributed by atoms with van der Waals surface area (Å²) in [7, 11) is 0.437. The van der Waals surface area contributed by atoms with Gasteiger partial charge in [-0.05, 0) is 43.3 Å². The van der Waals surface area contributed by atoms with E-state index in [1.807, 2.05) is 19.1 Å². The predicted octanol–water partition coefficient (Wildman–Crippen LogP) is 2.30. The van der Waals surface area contributed by atoms with Crippen LogP contribution in [0, 0.1) is 0 Å². The summed E-state index contributed by atoms with van der Waals surface area (Å²) in [5.41, 5.74) is 0.821. The molecular weight excluding hydrogens is 534 g/mol. The minimum atomic E-state index is -3.83. The first kappa shape index (κ1) is 29.5. The number of rotatable bonds is 13. The van der Waals surface area contributed by atoms with Gasteiger partial charge < -0.3 is 23.5 Å². The molecule has 0 saturated carbocycles. The largest absolute Gasteiger partial charge is 0.492 e. The average molecular weight is 566 g/mol. The number of carbonyl (C=O) groups excluding carboxylic acids is 2. The molecule has 1 heterocycles. The summed E-state index contributed by atoms with van der Waals surface area (Å²) in [6.07, 6.45) is 0.